The summed E-state index contributed by atoms with van der Waals surface area (Å²) in [6, 6.07) is 25.1. The lowest BCUT2D eigenvalue weighted by Gasteiger charge is -2.12. The molecule has 35 heavy (non-hydrogen) atoms. The van der Waals surface area contributed by atoms with Crippen molar-refractivity contribution in [1.82, 2.24) is 14.4 Å². The summed E-state index contributed by atoms with van der Waals surface area (Å²) < 4.78 is 13.0. The lowest BCUT2D eigenvalue weighted by atomic mass is 10.1. The van der Waals surface area contributed by atoms with Crippen LogP contribution in [0.4, 0.5) is 0 Å². The quantitative estimate of drug-likeness (QED) is 0.316. The summed E-state index contributed by atoms with van der Waals surface area (Å²) >= 11 is 0. The average Bonchev–Trinajstić information content (AvgIpc) is 2.92. The van der Waals surface area contributed by atoms with Gasteiger partial charge in [0.05, 0.1) is 0 Å². The standard InChI is InChI=1S/C28H21N3O4/c32-26(22-9-11-23(12-10-22)34-18-21-13-15-29-16-14-21)25-27(35-19-20-6-2-1-3-7-20)30-24-8-4-5-17-31(24)28(25)33/h1-17H,18-19H2. The molecule has 7 heteroatoms. The van der Waals surface area contributed by atoms with Crippen LogP contribution >= 0.6 is 0 Å². The highest BCUT2D eigenvalue weighted by Gasteiger charge is 2.23. The van der Waals surface area contributed by atoms with Crippen LogP contribution in [0.3, 0.4) is 0 Å². The average molecular weight is 463 g/mol. The third-order valence-electron chi connectivity index (χ3n) is 5.42. The molecule has 0 spiro atoms. The van der Waals surface area contributed by atoms with Crippen molar-refractivity contribution in [2.45, 2.75) is 13.2 Å². The van der Waals surface area contributed by atoms with Crippen LogP contribution in [0, 0.1) is 0 Å². The van der Waals surface area contributed by atoms with E-state index in [1.165, 1.54) is 4.40 Å². The molecular weight excluding hydrogens is 442 g/mol. The molecule has 0 N–H and O–H groups in total. The monoisotopic (exact) mass is 463 g/mol. The maximum absolute atomic E-state index is 13.5. The van der Waals surface area contributed by atoms with E-state index in [1.54, 1.807) is 61.1 Å². The molecule has 5 rings (SSSR count). The Morgan fingerprint density at radius 3 is 2.23 bits per heavy atom. The number of hydrogen-bond donors (Lipinski definition) is 0. The zero-order valence-corrected chi connectivity index (χ0v) is 18.7. The van der Waals surface area contributed by atoms with Gasteiger partial charge in [-0.25, -0.2) is 0 Å². The number of aromatic nitrogens is 3. The number of rotatable bonds is 8. The maximum Gasteiger partial charge on any atom is 0.273 e. The van der Waals surface area contributed by atoms with Crippen molar-refractivity contribution in [3.05, 3.63) is 136 Å². The van der Waals surface area contributed by atoms with E-state index < -0.39 is 11.3 Å². The number of pyridine rings is 2. The number of ketones is 1. The van der Waals surface area contributed by atoms with Gasteiger partial charge >= 0.3 is 0 Å². The fraction of sp³-hybridized carbons (Fsp3) is 0.0714. The first-order valence-corrected chi connectivity index (χ1v) is 11.0. The Balaban J connectivity index is 1.43. The van der Waals surface area contributed by atoms with E-state index in [0.717, 1.165) is 11.1 Å². The molecule has 2 aromatic carbocycles. The zero-order valence-electron chi connectivity index (χ0n) is 18.7. The fourth-order valence-corrected chi connectivity index (χ4v) is 3.59. The summed E-state index contributed by atoms with van der Waals surface area (Å²) in [7, 11) is 0. The molecule has 5 aromatic rings. The van der Waals surface area contributed by atoms with Crippen LogP contribution in [0.15, 0.2) is 108 Å². The van der Waals surface area contributed by atoms with Gasteiger partial charge in [-0.05, 0) is 59.7 Å². The second kappa shape index (κ2) is 10.0. The normalized spacial score (nSPS) is 10.7. The van der Waals surface area contributed by atoms with Gasteiger partial charge in [-0.3, -0.25) is 19.0 Å². The third-order valence-corrected chi connectivity index (χ3v) is 5.42. The Kier molecular flexibility index (Phi) is 6.30. The maximum atomic E-state index is 13.5. The molecule has 0 bridgehead atoms. The van der Waals surface area contributed by atoms with Crippen molar-refractivity contribution in [3.63, 3.8) is 0 Å². The Morgan fingerprint density at radius 2 is 1.46 bits per heavy atom. The Bertz CT molecular complexity index is 1520. The number of carbonyl (C=O) groups is 1. The minimum Gasteiger partial charge on any atom is -0.489 e. The van der Waals surface area contributed by atoms with Crippen LogP contribution in [-0.2, 0) is 13.2 Å². The minimum atomic E-state index is -0.485. The van der Waals surface area contributed by atoms with Crippen molar-refractivity contribution in [3.8, 4) is 11.6 Å². The summed E-state index contributed by atoms with van der Waals surface area (Å²) in [6.45, 7) is 0.557. The van der Waals surface area contributed by atoms with Crippen LogP contribution in [-0.4, -0.2) is 20.2 Å². The molecule has 0 saturated heterocycles. The lowest BCUT2D eigenvalue weighted by molar-refractivity contribution is 0.103. The van der Waals surface area contributed by atoms with Crippen LogP contribution in [0.1, 0.15) is 27.0 Å². The van der Waals surface area contributed by atoms with Gasteiger partial charge in [0.25, 0.3) is 5.56 Å². The molecule has 0 aliphatic rings. The number of carbonyl (C=O) groups excluding carboxylic acids is 1. The molecule has 0 radical (unpaired) electrons. The largest absolute Gasteiger partial charge is 0.489 e. The summed E-state index contributed by atoms with van der Waals surface area (Å²) in [4.78, 5) is 35.2. The number of benzene rings is 2. The molecule has 0 aliphatic carbocycles. The SMILES string of the molecule is O=C(c1ccc(OCc2ccncc2)cc1)c1c(OCc2ccccc2)nc2ccccn2c1=O. The van der Waals surface area contributed by atoms with Crippen molar-refractivity contribution in [2.75, 3.05) is 0 Å². The van der Waals surface area contributed by atoms with Crippen LogP contribution < -0.4 is 15.0 Å². The molecule has 0 atom stereocenters. The Labute approximate surface area is 201 Å². The van der Waals surface area contributed by atoms with Crippen LogP contribution in [0.5, 0.6) is 11.6 Å². The van der Waals surface area contributed by atoms with Gasteiger partial charge in [0, 0.05) is 24.2 Å². The highest BCUT2D eigenvalue weighted by Crippen LogP contribution is 2.21. The Morgan fingerprint density at radius 1 is 0.771 bits per heavy atom. The lowest BCUT2D eigenvalue weighted by Crippen LogP contribution is -2.25. The van der Waals surface area contributed by atoms with Gasteiger partial charge in [-0.15, -0.1) is 0 Å². The van der Waals surface area contributed by atoms with Crippen LogP contribution in [0.2, 0.25) is 0 Å². The smallest absolute Gasteiger partial charge is 0.273 e. The highest BCUT2D eigenvalue weighted by molar-refractivity contribution is 6.10. The van der Waals surface area contributed by atoms with Gasteiger partial charge in [0.1, 0.15) is 24.6 Å². The first kappa shape index (κ1) is 22.0. The molecule has 0 saturated carbocycles. The topological polar surface area (TPSA) is 82.8 Å². The summed E-state index contributed by atoms with van der Waals surface area (Å²) in [5.74, 6) is 0.143. The van der Waals surface area contributed by atoms with E-state index in [4.69, 9.17) is 9.47 Å². The second-order valence-electron chi connectivity index (χ2n) is 7.80. The first-order chi connectivity index (χ1) is 17.2. The van der Waals surface area contributed by atoms with E-state index in [2.05, 4.69) is 9.97 Å². The van der Waals surface area contributed by atoms with Crippen molar-refractivity contribution < 1.29 is 14.3 Å². The molecule has 172 valence electrons. The molecule has 7 nitrogen and oxygen atoms in total. The van der Waals surface area contributed by atoms with Gasteiger partial charge in [-0.2, -0.15) is 4.98 Å². The molecule has 3 aromatic heterocycles. The van der Waals surface area contributed by atoms with E-state index in [9.17, 15) is 9.59 Å². The predicted molar refractivity (Wildman–Crippen MR) is 131 cm³/mol. The summed E-state index contributed by atoms with van der Waals surface area (Å²) in [6.07, 6.45) is 4.99. The Hall–Kier alpha value is -4.78. The molecule has 0 amide bonds. The molecular formula is C28H21N3O4. The number of nitrogens with zero attached hydrogens (tertiary/aromatic N) is 3. The van der Waals surface area contributed by atoms with Gasteiger partial charge in [0.2, 0.25) is 11.7 Å². The zero-order chi connectivity index (χ0) is 24.0. The van der Waals surface area contributed by atoms with Gasteiger partial charge < -0.3 is 9.47 Å². The fourth-order valence-electron chi connectivity index (χ4n) is 3.59. The second-order valence-corrected chi connectivity index (χ2v) is 7.80. The first-order valence-electron chi connectivity index (χ1n) is 11.0. The van der Waals surface area contributed by atoms with E-state index in [-0.39, 0.29) is 18.1 Å². The number of ether oxygens (including phenoxy) is 2. The van der Waals surface area contributed by atoms with E-state index in [1.807, 2.05) is 42.5 Å². The predicted octanol–water partition coefficient (Wildman–Crippen LogP) is 4.48. The van der Waals surface area contributed by atoms with E-state index >= 15 is 0 Å². The third kappa shape index (κ3) is 4.94. The van der Waals surface area contributed by atoms with Gasteiger partial charge in [-0.1, -0.05) is 36.4 Å². The van der Waals surface area contributed by atoms with Crippen molar-refractivity contribution >= 4 is 11.4 Å². The van der Waals surface area contributed by atoms with Gasteiger partial charge in [0.15, 0.2) is 5.56 Å². The summed E-state index contributed by atoms with van der Waals surface area (Å²) in [5.41, 5.74) is 2.02. The summed E-state index contributed by atoms with van der Waals surface area (Å²) in [5, 5.41) is 0. The molecule has 3 heterocycles. The highest BCUT2D eigenvalue weighted by atomic mass is 16.5. The van der Waals surface area contributed by atoms with Crippen molar-refractivity contribution in [1.29, 1.82) is 0 Å². The molecule has 0 aliphatic heterocycles. The number of hydrogen-bond acceptors (Lipinski definition) is 6. The molecule has 0 fully saturated rings. The van der Waals surface area contributed by atoms with Crippen LogP contribution in [0.25, 0.3) is 5.65 Å². The number of fused-ring (bicyclic) bond motifs is 1. The van der Waals surface area contributed by atoms with E-state index in [0.29, 0.717) is 23.6 Å². The minimum absolute atomic E-state index is 0.00747. The molecule has 0 unspecified atom stereocenters. The van der Waals surface area contributed by atoms with Crippen molar-refractivity contribution in [2.24, 2.45) is 0 Å².